The number of benzene rings is 1. The number of piperidine rings is 1. The number of halogens is 2. The van der Waals surface area contributed by atoms with Crippen LogP contribution in [0, 0.1) is 24.5 Å². The molecule has 0 saturated carbocycles. The number of hydrogen-bond acceptors (Lipinski definition) is 7. The van der Waals surface area contributed by atoms with E-state index in [2.05, 4.69) is 30.2 Å². The van der Waals surface area contributed by atoms with Gasteiger partial charge in [-0.25, -0.2) is 33.5 Å². The minimum Gasteiger partial charge on any atom is -0.465 e. The molecule has 0 spiro atoms. The quantitative estimate of drug-likeness (QED) is 0.323. The van der Waals surface area contributed by atoms with Crippen LogP contribution in [0.2, 0.25) is 0 Å². The van der Waals surface area contributed by atoms with Crippen molar-refractivity contribution in [2.75, 3.05) is 25.0 Å². The van der Waals surface area contributed by atoms with Gasteiger partial charge in [-0.1, -0.05) is 0 Å². The van der Waals surface area contributed by atoms with Crippen molar-refractivity contribution in [3.8, 4) is 11.1 Å². The van der Waals surface area contributed by atoms with Gasteiger partial charge in [-0.2, -0.15) is 0 Å². The first-order chi connectivity index (χ1) is 19.7. The van der Waals surface area contributed by atoms with Crippen LogP contribution in [-0.4, -0.2) is 71.2 Å². The predicted molar refractivity (Wildman–Crippen MR) is 150 cm³/mol. The fourth-order valence-corrected chi connectivity index (χ4v) is 6.28. The van der Waals surface area contributed by atoms with Crippen molar-refractivity contribution in [3.05, 3.63) is 59.8 Å². The lowest BCUT2D eigenvalue weighted by Gasteiger charge is -2.36. The van der Waals surface area contributed by atoms with E-state index in [0.717, 1.165) is 31.1 Å². The fourth-order valence-electron chi connectivity index (χ4n) is 6.28. The van der Waals surface area contributed by atoms with E-state index >= 15 is 4.39 Å². The second-order valence-corrected chi connectivity index (χ2v) is 11.2. The molecule has 2 aliphatic rings. The first-order valence-corrected chi connectivity index (χ1v) is 13.8. The SMILES string of the molecule is Cc1nc2c(F)cc(-c3cc(Nc4ncc(CN5CCCC6CN(C(=O)O)CC65)cn4)ncc3F)cc2n1C(C)C. The first-order valence-electron chi connectivity index (χ1n) is 13.8. The molecule has 1 amide bonds. The minimum absolute atomic E-state index is 0.0585. The van der Waals surface area contributed by atoms with Crippen LogP contribution in [0.1, 0.15) is 44.1 Å². The van der Waals surface area contributed by atoms with Crippen LogP contribution in [0.4, 0.5) is 25.3 Å². The molecule has 4 aromatic rings. The second-order valence-electron chi connectivity index (χ2n) is 11.2. The van der Waals surface area contributed by atoms with Gasteiger partial charge in [-0.3, -0.25) is 4.90 Å². The van der Waals surface area contributed by atoms with Gasteiger partial charge >= 0.3 is 6.09 Å². The molecule has 2 unspecified atom stereocenters. The number of hydrogen-bond donors (Lipinski definition) is 2. The van der Waals surface area contributed by atoms with Crippen molar-refractivity contribution in [2.24, 2.45) is 5.92 Å². The van der Waals surface area contributed by atoms with Gasteiger partial charge in [0.1, 0.15) is 23.0 Å². The summed E-state index contributed by atoms with van der Waals surface area (Å²) in [5, 5.41) is 12.4. The molecule has 0 bridgehead atoms. The van der Waals surface area contributed by atoms with Crippen LogP contribution in [-0.2, 0) is 6.54 Å². The molecular weight excluding hydrogens is 530 g/mol. The van der Waals surface area contributed by atoms with Crippen molar-refractivity contribution < 1.29 is 18.7 Å². The summed E-state index contributed by atoms with van der Waals surface area (Å²) in [5.41, 5.74) is 2.35. The smallest absolute Gasteiger partial charge is 0.407 e. The number of amides is 1. The van der Waals surface area contributed by atoms with Crippen LogP contribution in [0.5, 0.6) is 0 Å². The molecule has 0 radical (unpaired) electrons. The van der Waals surface area contributed by atoms with Gasteiger partial charge in [0.15, 0.2) is 5.82 Å². The molecule has 6 rings (SSSR count). The van der Waals surface area contributed by atoms with Gasteiger partial charge in [-0.05, 0) is 69.8 Å². The lowest BCUT2D eigenvalue weighted by atomic mass is 9.92. The highest BCUT2D eigenvalue weighted by Gasteiger charge is 2.40. The van der Waals surface area contributed by atoms with E-state index in [4.69, 9.17) is 0 Å². The summed E-state index contributed by atoms with van der Waals surface area (Å²) >= 11 is 0. The van der Waals surface area contributed by atoms with Crippen LogP contribution >= 0.6 is 0 Å². The van der Waals surface area contributed by atoms with Crippen molar-refractivity contribution in [3.63, 3.8) is 0 Å². The Balaban J connectivity index is 1.19. The molecule has 3 aromatic heterocycles. The van der Waals surface area contributed by atoms with E-state index in [0.29, 0.717) is 54.2 Å². The maximum atomic E-state index is 15.0. The molecule has 0 aliphatic carbocycles. The molecule has 10 nitrogen and oxygen atoms in total. The summed E-state index contributed by atoms with van der Waals surface area (Å²) in [7, 11) is 0. The average molecular weight is 563 g/mol. The van der Waals surface area contributed by atoms with E-state index in [-0.39, 0.29) is 23.2 Å². The average Bonchev–Trinajstić information content (AvgIpc) is 3.53. The molecule has 41 heavy (non-hydrogen) atoms. The number of nitrogens with zero attached hydrogens (tertiary/aromatic N) is 7. The molecule has 2 atom stereocenters. The van der Waals surface area contributed by atoms with E-state index < -0.39 is 17.7 Å². The van der Waals surface area contributed by atoms with Gasteiger partial charge in [0.05, 0.1) is 11.7 Å². The maximum Gasteiger partial charge on any atom is 0.407 e. The zero-order valence-electron chi connectivity index (χ0n) is 23.2. The summed E-state index contributed by atoms with van der Waals surface area (Å²) in [6.07, 6.45) is 5.76. The molecule has 2 fully saturated rings. The Morgan fingerprint density at radius 3 is 2.61 bits per heavy atom. The lowest BCUT2D eigenvalue weighted by molar-refractivity contribution is 0.114. The second kappa shape index (κ2) is 10.7. The van der Waals surface area contributed by atoms with Crippen molar-refractivity contribution >= 4 is 28.9 Å². The number of imidazole rings is 1. The van der Waals surface area contributed by atoms with Crippen molar-refractivity contribution in [2.45, 2.75) is 52.2 Å². The number of pyridine rings is 1. The van der Waals surface area contributed by atoms with Crippen LogP contribution < -0.4 is 5.32 Å². The summed E-state index contributed by atoms with van der Waals surface area (Å²) in [6, 6.07) is 4.81. The molecular formula is C29H32F2N8O2. The number of aromatic nitrogens is 5. The lowest BCUT2D eigenvalue weighted by Crippen LogP contribution is -2.44. The standard InChI is InChI=1S/C29H32F2N8O2/c1-16(2)39-17(3)35-27-22(30)7-20(8-24(27)39)21-9-26(32-12-23(21)31)36-28-33-10-18(11-34-28)13-37-6-4-5-19-14-38(29(40)41)15-25(19)37/h7-12,16,19,25H,4-6,13-15H2,1-3H3,(H,40,41)(H,32,33,34,36). The minimum atomic E-state index is -0.862. The Kier molecular flexibility index (Phi) is 7.02. The number of nitrogens with one attached hydrogen (secondary N) is 1. The maximum absolute atomic E-state index is 15.0. The van der Waals surface area contributed by atoms with Crippen LogP contribution in [0.15, 0.2) is 36.8 Å². The highest BCUT2D eigenvalue weighted by atomic mass is 19.1. The van der Waals surface area contributed by atoms with Crippen molar-refractivity contribution in [1.82, 2.24) is 34.3 Å². The Hall–Kier alpha value is -4.19. The molecule has 1 aromatic carbocycles. The Labute approximate surface area is 236 Å². The summed E-state index contributed by atoms with van der Waals surface area (Å²) in [5.74, 6) is 0.564. The van der Waals surface area contributed by atoms with Crippen LogP contribution in [0.3, 0.4) is 0 Å². The Morgan fingerprint density at radius 2 is 1.88 bits per heavy atom. The monoisotopic (exact) mass is 562 g/mol. The number of rotatable bonds is 6. The predicted octanol–water partition coefficient (Wildman–Crippen LogP) is 5.37. The number of anilines is 2. The van der Waals surface area contributed by atoms with Crippen LogP contribution in [0.25, 0.3) is 22.2 Å². The number of fused-ring (bicyclic) bond motifs is 2. The third-order valence-corrected chi connectivity index (χ3v) is 8.10. The van der Waals surface area contributed by atoms with E-state index in [1.165, 1.54) is 17.0 Å². The van der Waals surface area contributed by atoms with Gasteiger partial charge in [0, 0.05) is 55.2 Å². The number of carboxylic acid groups (broad SMARTS) is 1. The summed E-state index contributed by atoms with van der Waals surface area (Å²) in [4.78, 5) is 32.6. The van der Waals surface area contributed by atoms with E-state index in [9.17, 15) is 14.3 Å². The highest BCUT2D eigenvalue weighted by Crippen LogP contribution is 2.33. The van der Waals surface area contributed by atoms with Gasteiger partial charge in [0.2, 0.25) is 5.95 Å². The molecule has 2 N–H and O–H groups in total. The molecule has 5 heterocycles. The third-order valence-electron chi connectivity index (χ3n) is 8.10. The number of aryl methyl sites for hydroxylation is 1. The fraction of sp³-hybridized carbons (Fsp3) is 0.414. The molecule has 2 saturated heterocycles. The Bertz CT molecular complexity index is 1610. The summed E-state index contributed by atoms with van der Waals surface area (Å²) in [6.45, 7) is 8.45. The first kappa shape index (κ1) is 27.0. The third kappa shape index (κ3) is 5.19. The number of carbonyl (C=O) groups is 1. The molecule has 2 aliphatic heterocycles. The topological polar surface area (TPSA) is 112 Å². The van der Waals surface area contributed by atoms with E-state index in [1.54, 1.807) is 18.5 Å². The zero-order chi connectivity index (χ0) is 28.8. The van der Waals surface area contributed by atoms with Crippen molar-refractivity contribution in [1.29, 1.82) is 0 Å². The summed E-state index contributed by atoms with van der Waals surface area (Å²) < 4.78 is 31.9. The zero-order valence-corrected chi connectivity index (χ0v) is 23.2. The normalized spacial score (nSPS) is 19.2. The van der Waals surface area contributed by atoms with E-state index in [1.807, 2.05) is 25.3 Å². The van der Waals surface area contributed by atoms with Gasteiger partial charge in [-0.15, -0.1) is 0 Å². The number of likely N-dealkylation sites (tertiary alicyclic amines) is 2. The highest BCUT2D eigenvalue weighted by molar-refractivity contribution is 5.84. The Morgan fingerprint density at radius 1 is 1.10 bits per heavy atom. The molecule has 12 heteroatoms. The molecule has 214 valence electrons. The van der Waals surface area contributed by atoms with Gasteiger partial charge < -0.3 is 19.9 Å². The van der Waals surface area contributed by atoms with Gasteiger partial charge in [0.25, 0.3) is 0 Å². The largest absolute Gasteiger partial charge is 0.465 e.